The van der Waals surface area contributed by atoms with Gasteiger partial charge in [-0.15, -0.1) is 0 Å². The molecule has 5 rings (SSSR count). The number of hydrogen-bond donors (Lipinski definition) is 0. The molecule has 0 saturated carbocycles. The van der Waals surface area contributed by atoms with E-state index in [1.807, 2.05) is 72.5 Å². The fourth-order valence-corrected chi connectivity index (χ4v) is 4.65. The van der Waals surface area contributed by atoms with Crippen LogP contribution in [0.1, 0.15) is 39.1 Å². The number of piperidine rings is 1. The molecule has 1 fully saturated rings. The molecule has 154 valence electrons. The molecule has 1 aliphatic heterocycles. The molecule has 0 bridgehead atoms. The van der Waals surface area contributed by atoms with Crippen LogP contribution in [-0.2, 0) is 0 Å². The van der Waals surface area contributed by atoms with Crippen molar-refractivity contribution in [3.05, 3.63) is 89.6 Å². The molecule has 1 aromatic heterocycles. The summed E-state index contributed by atoms with van der Waals surface area (Å²) in [5, 5.41) is 2.92. The van der Waals surface area contributed by atoms with Crippen LogP contribution in [0.15, 0.2) is 72.9 Å². The van der Waals surface area contributed by atoms with Gasteiger partial charge < -0.3 is 4.90 Å². The van der Waals surface area contributed by atoms with Gasteiger partial charge in [0, 0.05) is 36.2 Å². The van der Waals surface area contributed by atoms with Gasteiger partial charge in [0.1, 0.15) is 0 Å². The number of fused-ring (bicyclic) bond motifs is 2. The molecule has 31 heavy (non-hydrogen) atoms. The van der Waals surface area contributed by atoms with E-state index in [4.69, 9.17) is 0 Å². The number of hydrogen-bond acceptors (Lipinski definition) is 3. The predicted molar refractivity (Wildman–Crippen MR) is 123 cm³/mol. The van der Waals surface area contributed by atoms with E-state index in [1.54, 1.807) is 12.3 Å². The number of likely N-dealkylation sites (tertiary alicyclic amines) is 1. The Morgan fingerprint density at radius 3 is 2.68 bits per heavy atom. The van der Waals surface area contributed by atoms with Gasteiger partial charge in [-0.2, -0.15) is 0 Å². The molecule has 0 aliphatic carbocycles. The van der Waals surface area contributed by atoms with Crippen LogP contribution in [0.3, 0.4) is 0 Å². The largest absolute Gasteiger partial charge is 0.338 e. The molecule has 2 heterocycles. The summed E-state index contributed by atoms with van der Waals surface area (Å²) in [5.74, 6) is -0.0727. The summed E-state index contributed by atoms with van der Waals surface area (Å²) < 4.78 is 0. The number of ketones is 1. The Balaban J connectivity index is 1.44. The Labute approximate surface area is 181 Å². The number of aromatic nitrogens is 1. The molecular formula is C27H24N2O2. The van der Waals surface area contributed by atoms with Crippen LogP contribution in [0.2, 0.25) is 0 Å². The van der Waals surface area contributed by atoms with Crippen LogP contribution >= 0.6 is 0 Å². The number of carbonyl (C=O) groups is 2. The number of rotatable bonds is 3. The number of aryl methyl sites for hydroxylation is 1. The average Bonchev–Trinajstić information content (AvgIpc) is 2.82. The van der Waals surface area contributed by atoms with E-state index in [-0.39, 0.29) is 17.6 Å². The van der Waals surface area contributed by atoms with Gasteiger partial charge in [-0.1, -0.05) is 54.1 Å². The third-order valence-corrected chi connectivity index (χ3v) is 6.26. The number of pyridine rings is 1. The van der Waals surface area contributed by atoms with Crippen LogP contribution < -0.4 is 0 Å². The Morgan fingerprint density at radius 2 is 1.77 bits per heavy atom. The normalized spacial score (nSPS) is 16.5. The summed E-state index contributed by atoms with van der Waals surface area (Å²) in [6, 6.07) is 21.6. The van der Waals surface area contributed by atoms with E-state index in [1.165, 1.54) is 0 Å². The fourth-order valence-electron chi connectivity index (χ4n) is 4.65. The predicted octanol–water partition coefficient (Wildman–Crippen LogP) is 5.43. The minimum atomic E-state index is -0.182. The Bertz CT molecular complexity index is 1310. The van der Waals surface area contributed by atoms with Gasteiger partial charge in [-0.3, -0.25) is 14.6 Å². The first-order valence-corrected chi connectivity index (χ1v) is 10.8. The van der Waals surface area contributed by atoms with Crippen molar-refractivity contribution >= 4 is 33.4 Å². The third kappa shape index (κ3) is 3.59. The van der Waals surface area contributed by atoms with E-state index in [0.29, 0.717) is 18.7 Å². The second-order valence-corrected chi connectivity index (χ2v) is 8.36. The standard InChI is InChI=1S/C27H24N2O2/c1-18-11-12-25-24(16-18)23(13-14-28-25)27(31)29-15-5-8-20(17-29)26(30)22-10-4-7-19-6-2-3-9-21(19)22/h2-4,6-7,9-14,16,20H,5,8,15,17H2,1H3. The summed E-state index contributed by atoms with van der Waals surface area (Å²) in [4.78, 5) is 33.1. The molecule has 0 radical (unpaired) electrons. The lowest BCUT2D eigenvalue weighted by Crippen LogP contribution is -2.42. The van der Waals surface area contributed by atoms with Gasteiger partial charge in [0.2, 0.25) is 0 Å². The maximum Gasteiger partial charge on any atom is 0.254 e. The lowest BCUT2D eigenvalue weighted by molar-refractivity contribution is 0.0639. The van der Waals surface area contributed by atoms with Gasteiger partial charge in [0.25, 0.3) is 5.91 Å². The van der Waals surface area contributed by atoms with Crippen molar-refractivity contribution in [3.8, 4) is 0 Å². The van der Waals surface area contributed by atoms with E-state index >= 15 is 0 Å². The maximum absolute atomic E-state index is 13.4. The van der Waals surface area contributed by atoms with Crippen molar-refractivity contribution in [2.24, 2.45) is 5.92 Å². The zero-order valence-corrected chi connectivity index (χ0v) is 17.5. The minimum Gasteiger partial charge on any atom is -0.338 e. The molecule has 4 nitrogen and oxygen atoms in total. The van der Waals surface area contributed by atoms with Gasteiger partial charge in [0.15, 0.2) is 5.78 Å². The molecular weight excluding hydrogens is 384 g/mol. The first-order valence-electron chi connectivity index (χ1n) is 10.8. The van der Waals surface area contributed by atoms with Crippen LogP contribution in [0.4, 0.5) is 0 Å². The van der Waals surface area contributed by atoms with Crippen molar-refractivity contribution in [1.82, 2.24) is 9.88 Å². The SMILES string of the molecule is Cc1ccc2nccc(C(=O)N3CCCC(C(=O)c4cccc5ccccc45)C3)c2c1. The van der Waals surface area contributed by atoms with Crippen LogP contribution in [-0.4, -0.2) is 34.7 Å². The molecule has 0 N–H and O–H groups in total. The molecule has 1 amide bonds. The number of benzene rings is 3. The Morgan fingerprint density at radius 1 is 0.935 bits per heavy atom. The first kappa shape index (κ1) is 19.4. The molecule has 1 atom stereocenters. The zero-order chi connectivity index (χ0) is 21.4. The van der Waals surface area contributed by atoms with Crippen molar-refractivity contribution in [1.29, 1.82) is 0 Å². The van der Waals surface area contributed by atoms with Crippen LogP contribution in [0, 0.1) is 12.8 Å². The number of carbonyl (C=O) groups excluding carboxylic acids is 2. The smallest absolute Gasteiger partial charge is 0.254 e. The Kier molecular flexibility index (Phi) is 4.99. The van der Waals surface area contributed by atoms with Crippen molar-refractivity contribution < 1.29 is 9.59 Å². The number of amides is 1. The lowest BCUT2D eigenvalue weighted by Gasteiger charge is -2.32. The highest BCUT2D eigenvalue weighted by atomic mass is 16.2. The molecule has 3 aromatic carbocycles. The van der Waals surface area contributed by atoms with E-state index in [9.17, 15) is 9.59 Å². The van der Waals surface area contributed by atoms with Gasteiger partial charge >= 0.3 is 0 Å². The monoisotopic (exact) mass is 408 g/mol. The second-order valence-electron chi connectivity index (χ2n) is 8.36. The highest BCUT2D eigenvalue weighted by Crippen LogP contribution is 2.28. The number of nitrogens with zero attached hydrogens (tertiary/aromatic N) is 2. The summed E-state index contributed by atoms with van der Waals surface area (Å²) in [6.45, 7) is 3.14. The first-order chi connectivity index (χ1) is 15.1. The maximum atomic E-state index is 13.4. The second kappa shape index (κ2) is 7.95. The van der Waals surface area contributed by atoms with E-state index < -0.39 is 0 Å². The number of Topliss-reactive ketones (excluding diaryl/α,β-unsaturated/α-hetero) is 1. The summed E-state index contributed by atoms with van der Waals surface area (Å²) in [7, 11) is 0. The average molecular weight is 409 g/mol. The summed E-state index contributed by atoms with van der Waals surface area (Å²) in [5.41, 5.74) is 3.32. The zero-order valence-electron chi connectivity index (χ0n) is 17.5. The topological polar surface area (TPSA) is 50.3 Å². The van der Waals surface area contributed by atoms with Gasteiger partial charge in [0.05, 0.1) is 11.1 Å². The third-order valence-electron chi connectivity index (χ3n) is 6.26. The van der Waals surface area contributed by atoms with Crippen molar-refractivity contribution in [2.75, 3.05) is 13.1 Å². The van der Waals surface area contributed by atoms with Crippen LogP contribution in [0.5, 0.6) is 0 Å². The minimum absolute atomic E-state index is 0.0200. The van der Waals surface area contributed by atoms with E-state index in [0.717, 1.165) is 45.6 Å². The molecule has 1 saturated heterocycles. The summed E-state index contributed by atoms with van der Waals surface area (Å²) in [6.07, 6.45) is 3.32. The highest BCUT2D eigenvalue weighted by Gasteiger charge is 2.30. The molecule has 0 spiro atoms. The van der Waals surface area contributed by atoms with Gasteiger partial charge in [-0.25, -0.2) is 0 Å². The van der Waals surface area contributed by atoms with E-state index in [2.05, 4.69) is 4.98 Å². The molecule has 4 heteroatoms. The highest BCUT2D eigenvalue weighted by molar-refractivity contribution is 6.10. The lowest BCUT2D eigenvalue weighted by atomic mass is 9.87. The quantitative estimate of drug-likeness (QED) is 0.425. The molecule has 1 unspecified atom stereocenters. The molecule has 1 aliphatic rings. The van der Waals surface area contributed by atoms with Crippen molar-refractivity contribution in [3.63, 3.8) is 0 Å². The molecule has 4 aromatic rings. The summed E-state index contributed by atoms with van der Waals surface area (Å²) >= 11 is 0. The Hall–Kier alpha value is -3.53. The van der Waals surface area contributed by atoms with Crippen LogP contribution in [0.25, 0.3) is 21.7 Å². The van der Waals surface area contributed by atoms with Crippen molar-refractivity contribution in [2.45, 2.75) is 19.8 Å². The fraction of sp³-hybridized carbons (Fsp3) is 0.222. The van der Waals surface area contributed by atoms with Gasteiger partial charge in [-0.05, 0) is 48.7 Å².